The average molecular weight is 248 g/mol. The lowest BCUT2D eigenvalue weighted by molar-refractivity contribution is 1.41. The summed E-state index contributed by atoms with van der Waals surface area (Å²) in [7, 11) is -0.836. The molecule has 0 nitrogen and oxygen atoms in total. The Balaban J connectivity index is 2.39. The van der Waals surface area contributed by atoms with Gasteiger partial charge >= 0.3 is 0 Å². The molecule has 0 unspecified atom stereocenters. The molecule has 0 radical (unpaired) electrons. The van der Waals surface area contributed by atoms with Gasteiger partial charge in [-0.25, -0.2) is 0 Å². The predicted octanol–water partition coefficient (Wildman–Crippen LogP) is 4.87. The topological polar surface area (TPSA) is 0 Å². The summed E-state index contributed by atoms with van der Waals surface area (Å²) in [6.07, 6.45) is 6.58. The molecule has 0 amide bonds. The van der Waals surface area contributed by atoms with Crippen molar-refractivity contribution in [1.29, 1.82) is 0 Å². The van der Waals surface area contributed by atoms with Crippen LogP contribution < -0.4 is 0 Å². The van der Waals surface area contributed by atoms with Crippen LogP contribution in [-0.2, 0) is 0 Å². The number of rotatable bonds is 3. The SMILES string of the molecule is C=Cc1ccc(S(C)(C)c2cccs2)cc1. The first-order valence-electron chi connectivity index (χ1n) is 5.14. The maximum Gasteiger partial charge on any atom is 0.0464 e. The Morgan fingerprint density at radius 3 is 2.31 bits per heavy atom. The summed E-state index contributed by atoms with van der Waals surface area (Å²) in [4.78, 5) is 1.43. The van der Waals surface area contributed by atoms with Gasteiger partial charge in [0.05, 0.1) is 0 Å². The standard InChI is InChI=1S/C14H16S2/c1-4-12-7-9-13(10-8-12)16(2,3)14-6-5-11-15-14/h4-11H,1H2,2-3H3. The van der Waals surface area contributed by atoms with E-state index in [0.29, 0.717) is 0 Å². The van der Waals surface area contributed by atoms with Gasteiger partial charge in [0.2, 0.25) is 0 Å². The van der Waals surface area contributed by atoms with E-state index in [1.165, 1.54) is 14.7 Å². The molecule has 0 saturated carbocycles. The Morgan fingerprint density at radius 1 is 1.12 bits per heavy atom. The van der Waals surface area contributed by atoms with Crippen LogP contribution in [0.3, 0.4) is 0 Å². The Morgan fingerprint density at radius 2 is 1.81 bits per heavy atom. The fourth-order valence-electron chi connectivity index (χ4n) is 1.61. The van der Waals surface area contributed by atoms with Gasteiger partial charge in [0, 0.05) is 4.21 Å². The fourth-order valence-corrected chi connectivity index (χ4v) is 4.95. The van der Waals surface area contributed by atoms with Gasteiger partial charge < -0.3 is 0 Å². The highest BCUT2D eigenvalue weighted by Gasteiger charge is 2.17. The van der Waals surface area contributed by atoms with Crippen LogP contribution in [0.2, 0.25) is 0 Å². The number of thiophene rings is 1. The van der Waals surface area contributed by atoms with Crippen LogP contribution in [0.15, 0.2) is 57.5 Å². The molecular weight excluding hydrogens is 232 g/mol. The van der Waals surface area contributed by atoms with Crippen molar-refractivity contribution < 1.29 is 0 Å². The Kier molecular flexibility index (Phi) is 3.22. The van der Waals surface area contributed by atoms with Gasteiger partial charge in [-0.15, -0.1) is 11.3 Å². The molecule has 0 saturated heterocycles. The van der Waals surface area contributed by atoms with Gasteiger partial charge in [0.15, 0.2) is 0 Å². The van der Waals surface area contributed by atoms with Crippen LogP contribution in [0, 0.1) is 0 Å². The van der Waals surface area contributed by atoms with Crippen molar-refractivity contribution in [2.24, 2.45) is 0 Å². The lowest BCUT2D eigenvalue weighted by Crippen LogP contribution is -1.94. The van der Waals surface area contributed by atoms with E-state index < -0.39 is 10.0 Å². The number of benzene rings is 1. The van der Waals surface area contributed by atoms with E-state index in [1.54, 1.807) is 0 Å². The highest BCUT2D eigenvalue weighted by atomic mass is 32.3. The van der Waals surface area contributed by atoms with Crippen LogP contribution >= 0.6 is 21.4 Å². The first-order chi connectivity index (χ1) is 7.64. The monoisotopic (exact) mass is 248 g/mol. The van der Waals surface area contributed by atoms with Crippen LogP contribution in [0.5, 0.6) is 0 Å². The average Bonchev–Trinajstić information content (AvgIpc) is 2.83. The molecule has 1 aromatic heterocycles. The van der Waals surface area contributed by atoms with E-state index in [9.17, 15) is 0 Å². The third-order valence-corrected chi connectivity index (χ3v) is 7.50. The third-order valence-electron chi connectivity index (χ3n) is 2.70. The summed E-state index contributed by atoms with van der Waals surface area (Å²) in [5, 5.41) is 2.15. The molecule has 0 bridgehead atoms. The minimum absolute atomic E-state index is 0.836. The van der Waals surface area contributed by atoms with Crippen molar-refractivity contribution in [1.82, 2.24) is 0 Å². The summed E-state index contributed by atoms with van der Waals surface area (Å²) in [5.41, 5.74) is 1.19. The third kappa shape index (κ3) is 2.08. The van der Waals surface area contributed by atoms with Gasteiger partial charge in [-0.1, -0.05) is 30.9 Å². The van der Waals surface area contributed by atoms with Crippen LogP contribution in [0.4, 0.5) is 0 Å². The lowest BCUT2D eigenvalue weighted by Gasteiger charge is -2.30. The van der Waals surface area contributed by atoms with E-state index in [2.05, 4.69) is 60.9 Å². The Bertz CT molecular complexity index is 464. The molecule has 2 rings (SSSR count). The molecule has 0 spiro atoms. The molecule has 1 aromatic carbocycles. The van der Waals surface area contributed by atoms with E-state index in [4.69, 9.17) is 0 Å². The fraction of sp³-hybridized carbons (Fsp3) is 0.143. The second-order valence-electron chi connectivity index (χ2n) is 4.03. The van der Waals surface area contributed by atoms with Gasteiger partial charge in [-0.05, 0) is 46.5 Å². The van der Waals surface area contributed by atoms with Gasteiger partial charge in [0.25, 0.3) is 0 Å². The molecule has 0 aliphatic rings. The number of hydrogen-bond donors (Lipinski definition) is 0. The molecule has 0 aliphatic heterocycles. The van der Waals surface area contributed by atoms with Gasteiger partial charge in [-0.2, -0.15) is 10.0 Å². The zero-order valence-corrected chi connectivity index (χ0v) is 11.3. The molecule has 1 heterocycles. The minimum atomic E-state index is -0.836. The summed E-state index contributed by atoms with van der Waals surface area (Å²) in [6.45, 7) is 3.78. The molecule has 0 aliphatic carbocycles. The Hall–Kier alpha value is -0.990. The maximum atomic E-state index is 3.78. The van der Waals surface area contributed by atoms with Crippen LogP contribution in [0.1, 0.15) is 5.56 Å². The predicted molar refractivity (Wildman–Crippen MR) is 76.8 cm³/mol. The molecule has 2 heteroatoms. The second kappa shape index (κ2) is 4.48. The van der Waals surface area contributed by atoms with E-state index >= 15 is 0 Å². The first-order valence-corrected chi connectivity index (χ1v) is 8.47. The van der Waals surface area contributed by atoms with Gasteiger partial charge in [0.1, 0.15) is 0 Å². The van der Waals surface area contributed by atoms with Crippen molar-refractivity contribution in [2.45, 2.75) is 9.10 Å². The highest BCUT2D eigenvalue weighted by molar-refractivity contribution is 8.33. The maximum absolute atomic E-state index is 3.78. The smallest absolute Gasteiger partial charge is 0.0464 e. The molecule has 0 N–H and O–H groups in total. The van der Waals surface area contributed by atoms with E-state index in [0.717, 1.165) is 0 Å². The van der Waals surface area contributed by atoms with E-state index in [1.807, 2.05) is 17.4 Å². The summed E-state index contributed by atoms with van der Waals surface area (Å²) in [6, 6.07) is 13.1. The Labute approximate surface area is 103 Å². The molecule has 16 heavy (non-hydrogen) atoms. The molecule has 0 fully saturated rings. The van der Waals surface area contributed by atoms with Crippen molar-refractivity contribution in [3.63, 3.8) is 0 Å². The molecule has 0 atom stereocenters. The number of hydrogen-bond acceptors (Lipinski definition) is 1. The summed E-state index contributed by atoms with van der Waals surface area (Å²) in [5.74, 6) is 0. The van der Waals surface area contributed by atoms with E-state index in [-0.39, 0.29) is 0 Å². The van der Waals surface area contributed by atoms with Crippen LogP contribution in [0.25, 0.3) is 6.08 Å². The minimum Gasteiger partial charge on any atom is -0.184 e. The summed E-state index contributed by atoms with van der Waals surface area (Å²) < 4.78 is 1.49. The molecule has 84 valence electrons. The zero-order valence-electron chi connectivity index (χ0n) is 9.64. The lowest BCUT2D eigenvalue weighted by atomic mass is 10.2. The largest absolute Gasteiger partial charge is 0.184 e. The van der Waals surface area contributed by atoms with Crippen molar-refractivity contribution >= 4 is 27.4 Å². The van der Waals surface area contributed by atoms with Crippen LogP contribution in [-0.4, -0.2) is 12.5 Å². The first kappa shape index (κ1) is 11.5. The summed E-state index contributed by atoms with van der Waals surface area (Å²) >= 11 is 1.85. The highest BCUT2D eigenvalue weighted by Crippen LogP contribution is 2.58. The zero-order chi connectivity index (χ0) is 11.6. The molecular formula is C14H16S2. The molecule has 2 aromatic rings. The van der Waals surface area contributed by atoms with Crippen molar-refractivity contribution in [3.8, 4) is 0 Å². The quantitative estimate of drug-likeness (QED) is 0.726. The normalized spacial score (nSPS) is 12.4. The van der Waals surface area contributed by atoms with Crippen molar-refractivity contribution in [2.75, 3.05) is 12.5 Å². The van der Waals surface area contributed by atoms with Gasteiger partial charge in [-0.3, -0.25) is 0 Å². The second-order valence-corrected chi connectivity index (χ2v) is 8.80. The van der Waals surface area contributed by atoms with Crippen molar-refractivity contribution in [3.05, 3.63) is 53.9 Å².